The highest BCUT2D eigenvalue weighted by atomic mass is 16.8. The zero-order valence-electron chi connectivity index (χ0n) is 11.9. The fourth-order valence-corrected chi connectivity index (χ4v) is 1.82. The number of carbonyl (C=O) groups excluding carboxylic acids is 2. The Morgan fingerprint density at radius 3 is 2.00 bits per heavy atom. The average molecular weight is 338 g/mol. The van der Waals surface area contributed by atoms with E-state index in [-0.39, 0.29) is 32.6 Å². The van der Waals surface area contributed by atoms with E-state index in [1.54, 1.807) is 0 Å². The summed E-state index contributed by atoms with van der Waals surface area (Å²) >= 11 is 0. The van der Waals surface area contributed by atoms with Crippen molar-refractivity contribution < 1.29 is 38.3 Å². The number of hydrogen-bond acceptors (Lipinski definition) is 12. The van der Waals surface area contributed by atoms with Gasteiger partial charge in [0.2, 0.25) is 0 Å². The van der Waals surface area contributed by atoms with E-state index >= 15 is 0 Å². The number of oxime groups is 2. The fraction of sp³-hybridized carbons (Fsp3) is 0.200. The third-order valence-corrected chi connectivity index (χ3v) is 2.65. The van der Waals surface area contributed by atoms with Crippen LogP contribution in [0.5, 0.6) is 0 Å². The van der Waals surface area contributed by atoms with Gasteiger partial charge in [0.05, 0.1) is 5.16 Å². The van der Waals surface area contributed by atoms with Crippen LogP contribution in [-0.4, -0.2) is 33.7 Å². The molecule has 14 nitrogen and oxygen atoms in total. The van der Waals surface area contributed by atoms with Crippen LogP contribution in [0, 0.1) is 10.4 Å². The topological polar surface area (TPSA) is 183 Å². The van der Waals surface area contributed by atoms with Crippen LogP contribution in [0.4, 0.5) is 0 Å². The first-order chi connectivity index (χ1) is 11.4. The highest BCUT2D eigenvalue weighted by Crippen LogP contribution is 2.27. The van der Waals surface area contributed by atoms with E-state index in [0.717, 1.165) is 13.8 Å². The maximum Gasteiger partial charge on any atom is 0.332 e. The molecule has 2 heterocycles. The number of rotatable bonds is 2. The van der Waals surface area contributed by atoms with Crippen molar-refractivity contribution in [1.29, 1.82) is 0 Å². The van der Waals surface area contributed by atoms with Crippen molar-refractivity contribution in [2.75, 3.05) is 0 Å². The maximum absolute atomic E-state index is 11.8. The molecule has 124 valence electrons. The Morgan fingerprint density at radius 2 is 1.42 bits per heavy atom. The molecule has 3 rings (SSSR count). The van der Waals surface area contributed by atoms with Gasteiger partial charge in [-0.25, -0.2) is 9.59 Å². The summed E-state index contributed by atoms with van der Waals surface area (Å²) in [6.45, 7) is 2.12. The lowest BCUT2D eigenvalue weighted by molar-refractivity contribution is -0.803. The van der Waals surface area contributed by atoms with Crippen LogP contribution in [-0.2, 0) is 19.3 Å². The molecule has 0 unspecified atom stereocenters. The van der Waals surface area contributed by atoms with Crippen LogP contribution in [0.25, 0.3) is 11.4 Å². The Kier molecular flexibility index (Phi) is 3.40. The zero-order valence-corrected chi connectivity index (χ0v) is 11.9. The Labute approximate surface area is 130 Å². The van der Waals surface area contributed by atoms with Crippen molar-refractivity contribution in [2.45, 2.75) is 13.8 Å². The molecule has 0 saturated heterocycles. The van der Waals surface area contributed by atoms with Gasteiger partial charge in [-0.05, 0) is 9.81 Å². The molecule has 1 aliphatic rings. The minimum absolute atomic E-state index is 0.0530. The van der Waals surface area contributed by atoms with E-state index in [1.165, 1.54) is 0 Å². The van der Waals surface area contributed by atoms with Gasteiger partial charge in [0.1, 0.15) is 0 Å². The summed E-state index contributed by atoms with van der Waals surface area (Å²) in [5.41, 5.74) is -2.04. The largest absolute Gasteiger partial charge is 0.359 e. The first-order valence-corrected chi connectivity index (χ1v) is 6.12. The molecule has 0 atom stereocenters. The van der Waals surface area contributed by atoms with Gasteiger partial charge in [-0.1, -0.05) is 10.3 Å². The van der Waals surface area contributed by atoms with Gasteiger partial charge in [0.15, 0.2) is 11.4 Å². The molecule has 1 aliphatic carbocycles. The third kappa shape index (κ3) is 2.31. The van der Waals surface area contributed by atoms with Gasteiger partial charge in [0.25, 0.3) is 17.1 Å². The van der Waals surface area contributed by atoms with Gasteiger partial charge >= 0.3 is 17.6 Å². The molecule has 0 spiro atoms. The zero-order chi connectivity index (χ0) is 17.4. The highest BCUT2D eigenvalue weighted by molar-refractivity contribution is 6.55. The molecule has 2 aromatic heterocycles. The fourth-order valence-electron chi connectivity index (χ4n) is 1.82. The first kappa shape index (κ1) is 15.1. The van der Waals surface area contributed by atoms with E-state index < -0.39 is 23.3 Å². The molecule has 0 radical (unpaired) electrons. The number of aromatic nitrogens is 4. The summed E-state index contributed by atoms with van der Waals surface area (Å²) in [6, 6.07) is 0. The van der Waals surface area contributed by atoms with Crippen LogP contribution in [0.3, 0.4) is 0 Å². The second-order valence-electron chi connectivity index (χ2n) is 4.30. The summed E-state index contributed by atoms with van der Waals surface area (Å²) in [4.78, 5) is 30.8. The molecule has 0 N–H and O–H groups in total. The van der Waals surface area contributed by atoms with E-state index in [0.29, 0.717) is 0 Å². The highest BCUT2D eigenvalue weighted by Gasteiger charge is 2.47. The van der Waals surface area contributed by atoms with Crippen molar-refractivity contribution in [3.63, 3.8) is 0 Å². The lowest BCUT2D eigenvalue weighted by Crippen LogP contribution is -2.39. The minimum atomic E-state index is -0.811. The normalized spacial score (nSPS) is 15.9. The van der Waals surface area contributed by atoms with E-state index in [4.69, 9.17) is 0 Å². The molecule has 2 aromatic rings. The Balaban J connectivity index is 2.27. The molecule has 0 bridgehead atoms. The lowest BCUT2D eigenvalue weighted by Gasteiger charge is -2.06. The SMILES string of the molecule is CC(=O)O/N=C1\C(=N\OC(C)=O)c2no[n+]([O-])c2-c2no[n+]([O-])c21. The summed E-state index contributed by atoms with van der Waals surface area (Å²) in [5, 5.41) is 37.3. The Morgan fingerprint density at radius 1 is 0.917 bits per heavy atom. The number of nitrogens with zero attached hydrogens (tertiary/aromatic N) is 6. The molecule has 0 aliphatic heterocycles. The monoisotopic (exact) mass is 338 g/mol. The van der Waals surface area contributed by atoms with Gasteiger partial charge < -0.3 is 20.1 Å². The van der Waals surface area contributed by atoms with E-state index in [1.807, 2.05) is 0 Å². The standard InChI is InChI=1S/C10H6N6O8/c1-3(17)21-11-5-6(12-22-4(2)18)9-8(14-24-15(9)19)10-7(5)13-23-16(10)20/h1-2H3/b11-5-,12-6+. The summed E-state index contributed by atoms with van der Waals surface area (Å²) in [6.07, 6.45) is 0. The lowest BCUT2D eigenvalue weighted by atomic mass is 9.97. The minimum Gasteiger partial charge on any atom is -0.359 e. The molecule has 0 saturated carbocycles. The average Bonchev–Trinajstić information content (AvgIpc) is 3.07. The van der Waals surface area contributed by atoms with Gasteiger partial charge in [-0.2, -0.15) is 0 Å². The maximum atomic E-state index is 11.8. The molecule has 0 amide bonds. The van der Waals surface area contributed by atoms with Crippen LogP contribution in [0.2, 0.25) is 0 Å². The molecule has 24 heavy (non-hydrogen) atoms. The number of hydrogen-bond donors (Lipinski definition) is 0. The van der Waals surface area contributed by atoms with Crippen molar-refractivity contribution in [3.8, 4) is 11.4 Å². The van der Waals surface area contributed by atoms with Crippen molar-refractivity contribution in [1.82, 2.24) is 10.3 Å². The molecule has 0 fully saturated rings. The number of carbonyl (C=O) groups is 2. The van der Waals surface area contributed by atoms with Gasteiger partial charge in [-0.3, -0.25) is 9.26 Å². The van der Waals surface area contributed by atoms with Crippen LogP contribution in [0.15, 0.2) is 19.6 Å². The smallest absolute Gasteiger partial charge is 0.332 e. The predicted molar refractivity (Wildman–Crippen MR) is 66.5 cm³/mol. The van der Waals surface area contributed by atoms with E-state index in [9.17, 15) is 20.0 Å². The molecule has 14 heteroatoms. The molecule has 0 aromatic carbocycles. The summed E-state index contributed by atoms with van der Waals surface area (Å²) < 4.78 is 8.84. The van der Waals surface area contributed by atoms with Crippen molar-refractivity contribution in [2.24, 2.45) is 10.3 Å². The predicted octanol–water partition coefficient (Wildman–Crippen LogP) is -1.86. The van der Waals surface area contributed by atoms with Gasteiger partial charge in [-0.15, -0.1) is 0 Å². The van der Waals surface area contributed by atoms with Crippen LogP contribution < -0.4 is 9.81 Å². The Hall–Kier alpha value is -3.84. The molecular weight excluding hydrogens is 332 g/mol. The van der Waals surface area contributed by atoms with Crippen molar-refractivity contribution >= 4 is 23.4 Å². The second kappa shape index (κ2) is 5.41. The van der Waals surface area contributed by atoms with Crippen molar-refractivity contribution in [3.05, 3.63) is 21.8 Å². The van der Waals surface area contributed by atoms with Gasteiger partial charge in [0, 0.05) is 19.0 Å². The number of fused-ring (bicyclic) bond motifs is 3. The summed E-state index contributed by atoms with van der Waals surface area (Å²) in [5.74, 6) is -1.62. The van der Waals surface area contributed by atoms with Crippen LogP contribution in [0.1, 0.15) is 25.2 Å². The summed E-state index contributed by atoms with van der Waals surface area (Å²) in [7, 11) is 0. The first-order valence-electron chi connectivity index (χ1n) is 6.12. The van der Waals surface area contributed by atoms with Crippen LogP contribution >= 0.6 is 0 Å². The quantitative estimate of drug-likeness (QED) is 0.342. The molecular formula is C10H6N6O8. The van der Waals surface area contributed by atoms with E-state index in [2.05, 4.69) is 39.6 Å². The second-order valence-corrected chi connectivity index (χ2v) is 4.30. The third-order valence-electron chi connectivity index (χ3n) is 2.65. The Bertz CT molecular complexity index is 909.